The van der Waals surface area contributed by atoms with Crippen molar-refractivity contribution in [1.29, 1.82) is 0 Å². The number of allylic oxidation sites excluding steroid dienone is 1. The molecule has 1 heterocycles. The minimum atomic E-state index is -0.163. The van der Waals surface area contributed by atoms with Crippen molar-refractivity contribution in [3.8, 4) is 0 Å². The maximum absolute atomic E-state index is 12.4. The van der Waals surface area contributed by atoms with E-state index >= 15 is 0 Å². The molecule has 0 spiro atoms. The number of carbonyl (C=O) groups excluding carboxylic acids is 2. The molecule has 0 saturated heterocycles. The fraction of sp³-hybridized carbons (Fsp3) is 0.300. The minimum Gasteiger partial charge on any atom is -0.346 e. The molecule has 27 heavy (non-hydrogen) atoms. The molecule has 1 aliphatic carbocycles. The minimum absolute atomic E-state index is 0.0857. The van der Waals surface area contributed by atoms with E-state index in [-0.39, 0.29) is 23.6 Å². The zero-order valence-corrected chi connectivity index (χ0v) is 16.2. The van der Waals surface area contributed by atoms with Gasteiger partial charge in [-0.15, -0.1) is 0 Å². The van der Waals surface area contributed by atoms with Gasteiger partial charge in [0.05, 0.1) is 5.75 Å². The first-order chi connectivity index (χ1) is 13.0. The van der Waals surface area contributed by atoms with Crippen molar-refractivity contribution in [2.24, 2.45) is 0 Å². The van der Waals surface area contributed by atoms with Crippen LogP contribution in [0, 0.1) is 13.8 Å². The normalized spacial score (nSPS) is 15.6. The topological polar surface area (TPSA) is 84.0 Å². The largest absolute Gasteiger partial charge is 0.346 e. The summed E-state index contributed by atoms with van der Waals surface area (Å²) in [7, 11) is 0. The van der Waals surface area contributed by atoms with Gasteiger partial charge in [-0.25, -0.2) is 9.97 Å². The lowest BCUT2D eigenvalue weighted by Crippen LogP contribution is -2.32. The van der Waals surface area contributed by atoms with Gasteiger partial charge in [0.15, 0.2) is 5.16 Å². The van der Waals surface area contributed by atoms with E-state index in [0.717, 1.165) is 24.1 Å². The third-order valence-electron chi connectivity index (χ3n) is 4.21. The van der Waals surface area contributed by atoms with E-state index in [4.69, 9.17) is 0 Å². The van der Waals surface area contributed by atoms with Crippen LogP contribution in [0.5, 0.6) is 0 Å². The van der Waals surface area contributed by atoms with Crippen LogP contribution in [-0.2, 0) is 4.79 Å². The Balaban J connectivity index is 1.60. The maximum Gasteiger partial charge on any atom is 0.251 e. The summed E-state index contributed by atoms with van der Waals surface area (Å²) in [5.74, 6) is -0.0966. The van der Waals surface area contributed by atoms with E-state index < -0.39 is 0 Å². The molecule has 2 N–H and O–H groups in total. The van der Waals surface area contributed by atoms with Gasteiger partial charge >= 0.3 is 0 Å². The summed E-state index contributed by atoms with van der Waals surface area (Å²) in [6.07, 6.45) is 7.68. The number of aryl methyl sites for hydroxylation is 2. The second-order valence-electron chi connectivity index (χ2n) is 6.43. The Morgan fingerprint density at radius 2 is 2.11 bits per heavy atom. The van der Waals surface area contributed by atoms with Gasteiger partial charge in [-0.2, -0.15) is 0 Å². The molecule has 1 unspecified atom stereocenters. The quantitative estimate of drug-likeness (QED) is 0.455. The Morgan fingerprint density at radius 1 is 1.26 bits per heavy atom. The molecule has 0 aliphatic heterocycles. The van der Waals surface area contributed by atoms with E-state index in [0.29, 0.717) is 16.4 Å². The first-order valence-corrected chi connectivity index (χ1v) is 9.80. The number of aromatic nitrogens is 2. The van der Waals surface area contributed by atoms with Crippen LogP contribution < -0.4 is 10.6 Å². The van der Waals surface area contributed by atoms with Crippen LogP contribution in [0.1, 0.15) is 34.5 Å². The third-order valence-corrected chi connectivity index (χ3v) is 5.07. The van der Waals surface area contributed by atoms with Crippen LogP contribution in [0.25, 0.3) is 0 Å². The number of hydrogen-bond acceptors (Lipinski definition) is 5. The van der Waals surface area contributed by atoms with Crippen molar-refractivity contribution in [1.82, 2.24) is 15.3 Å². The Labute approximate surface area is 162 Å². The summed E-state index contributed by atoms with van der Waals surface area (Å²) in [5, 5.41) is 6.43. The lowest BCUT2D eigenvalue weighted by atomic mass is 10.1. The van der Waals surface area contributed by atoms with Crippen molar-refractivity contribution in [3.63, 3.8) is 0 Å². The lowest BCUT2D eigenvalue weighted by molar-refractivity contribution is -0.113. The van der Waals surface area contributed by atoms with Crippen LogP contribution in [0.2, 0.25) is 0 Å². The number of benzene rings is 1. The Hall–Kier alpha value is -2.67. The molecule has 3 rings (SSSR count). The van der Waals surface area contributed by atoms with Gasteiger partial charge in [-0.3, -0.25) is 9.59 Å². The zero-order chi connectivity index (χ0) is 19.2. The standard InChI is InChI=1S/C20H22N4O2S/c1-13-7-8-15(19(26)23-16-5-3-4-6-16)11-17(13)24-18(25)12-27-20-21-10-9-14(2)22-20/h3,5,7-11,16H,4,6,12H2,1-2H3,(H,23,26)(H,24,25). The molecule has 1 aliphatic rings. The van der Waals surface area contributed by atoms with Gasteiger partial charge in [0, 0.05) is 29.2 Å². The van der Waals surface area contributed by atoms with E-state index in [1.807, 2.05) is 32.1 Å². The fourth-order valence-corrected chi connectivity index (χ4v) is 3.39. The number of anilines is 1. The number of hydrogen-bond donors (Lipinski definition) is 2. The molecule has 2 aromatic rings. The first kappa shape index (κ1) is 19.1. The van der Waals surface area contributed by atoms with Gasteiger partial charge in [0.1, 0.15) is 0 Å². The van der Waals surface area contributed by atoms with Gasteiger partial charge in [-0.1, -0.05) is 30.0 Å². The highest BCUT2D eigenvalue weighted by Crippen LogP contribution is 2.19. The smallest absolute Gasteiger partial charge is 0.251 e. The average molecular weight is 382 g/mol. The van der Waals surface area contributed by atoms with Crippen molar-refractivity contribution < 1.29 is 9.59 Å². The van der Waals surface area contributed by atoms with E-state index in [1.54, 1.807) is 18.3 Å². The van der Waals surface area contributed by atoms with Crippen LogP contribution >= 0.6 is 11.8 Å². The van der Waals surface area contributed by atoms with E-state index in [1.165, 1.54) is 11.8 Å². The second-order valence-corrected chi connectivity index (χ2v) is 7.38. The Morgan fingerprint density at radius 3 is 2.85 bits per heavy atom. The SMILES string of the molecule is Cc1ccnc(SCC(=O)Nc2cc(C(=O)NC3C=CCC3)ccc2C)n1. The van der Waals surface area contributed by atoms with Crippen molar-refractivity contribution in [2.75, 3.05) is 11.1 Å². The Kier molecular flexibility index (Phi) is 6.24. The van der Waals surface area contributed by atoms with Crippen LogP contribution in [0.3, 0.4) is 0 Å². The molecule has 140 valence electrons. The lowest BCUT2D eigenvalue weighted by Gasteiger charge is -2.13. The number of carbonyl (C=O) groups is 2. The molecule has 7 heteroatoms. The van der Waals surface area contributed by atoms with E-state index in [2.05, 4.69) is 26.7 Å². The Bertz CT molecular complexity index is 882. The predicted octanol–water partition coefficient (Wildman–Crippen LogP) is 3.27. The molecule has 0 radical (unpaired) electrons. The fourth-order valence-electron chi connectivity index (χ4n) is 2.71. The maximum atomic E-state index is 12.4. The summed E-state index contributed by atoms with van der Waals surface area (Å²) in [6, 6.07) is 7.23. The second kappa shape index (κ2) is 8.81. The zero-order valence-electron chi connectivity index (χ0n) is 15.4. The van der Waals surface area contributed by atoms with Crippen LogP contribution in [-0.4, -0.2) is 33.6 Å². The summed E-state index contributed by atoms with van der Waals surface area (Å²) in [6.45, 7) is 3.78. The molecule has 6 nitrogen and oxygen atoms in total. The number of nitrogens with zero attached hydrogens (tertiary/aromatic N) is 2. The molecule has 1 atom stereocenters. The van der Waals surface area contributed by atoms with Crippen LogP contribution in [0.4, 0.5) is 5.69 Å². The first-order valence-electron chi connectivity index (χ1n) is 8.82. The summed E-state index contributed by atoms with van der Waals surface area (Å²) < 4.78 is 0. The summed E-state index contributed by atoms with van der Waals surface area (Å²) in [5.41, 5.74) is 2.93. The molecule has 2 amide bonds. The number of amides is 2. The molecule has 0 bridgehead atoms. The molecule has 0 saturated carbocycles. The molecule has 1 aromatic carbocycles. The molecule has 0 fully saturated rings. The predicted molar refractivity (Wildman–Crippen MR) is 107 cm³/mol. The molecular weight excluding hydrogens is 360 g/mol. The van der Waals surface area contributed by atoms with Crippen molar-refractivity contribution in [3.05, 3.63) is 59.4 Å². The van der Waals surface area contributed by atoms with Gasteiger partial charge in [0.2, 0.25) is 5.91 Å². The van der Waals surface area contributed by atoms with Gasteiger partial charge < -0.3 is 10.6 Å². The van der Waals surface area contributed by atoms with Crippen molar-refractivity contribution in [2.45, 2.75) is 37.9 Å². The van der Waals surface area contributed by atoms with Crippen molar-refractivity contribution >= 4 is 29.3 Å². The number of rotatable bonds is 6. The highest BCUT2D eigenvalue weighted by molar-refractivity contribution is 7.99. The number of thioether (sulfide) groups is 1. The van der Waals surface area contributed by atoms with E-state index in [9.17, 15) is 9.59 Å². The monoisotopic (exact) mass is 382 g/mol. The van der Waals surface area contributed by atoms with Gasteiger partial charge in [0.25, 0.3) is 5.91 Å². The number of nitrogens with one attached hydrogen (secondary N) is 2. The highest BCUT2D eigenvalue weighted by atomic mass is 32.2. The summed E-state index contributed by atoms with van der Waals surface area (Å²) in [4.78, 5) is 33.1. The highest BCUT2D eigenvalue weighted by Gasteiger charge is 2.15. The van der Waals surface area contributed by atoms with Crippen LogP contribution in [0.15, 0.2) is 47.8 Å². The third kappa shape index (κ3) is 5.40. The molecular formula is C20H22N4O2S. The molecule has 1 aromatic heterocycles. The summed E-state index contributed by atoms with van der Waals surface area (Å²) >= 11 is 1.28. The average Bonchev–Trinajstić information content (AvgIpc) is 3.15. The van der Waals surface area contributed by atoms with Gasteiger partial charge in [-0.05, 0) is 50.5 Å².